The van der Waals surface area contributed by atoms with Gasteiger partial charge in [-0.1, -0.05) is 117 Å². The SMILES string of the molecule is CC1(C)c2ccccc2C2(c3ccccc3-c3c(-c4ccc(N)cc4)cccc32)c2ccccc21. The van der Waals surface area contributed by atoms with Gasteiger partial charge >= 0.3 is 0 Å². The van der Waals surface area contributed by atoms with Gasteiger partial charge in [0.1, 0.15) is 0 Å². The van der Waals surface area contributed by atoms with Crippen molar-refractivity contribution in [1.82, 2.24) is 0 Å². The Balaban J connectivity index is 1.68. The minimum Gasteiger partial charge on any atom is -0.399 e. The molecule has 0 unspecified atom stereocenters. The molecule has 0 aliphatic heterocycles. The van der Waals surface area contributed by atoms with Gasteiger partial charge < -0.3 is 5.73 Å². The van der Waals surface area contributed by atoms with Crippen molar-refractivity contribution in [1.29, 1.82) is 0 Å². The maximum absolute atomic E-state index is 6.04. The van der Waals surface area contributed by atoms with Crippen molar-refractivity contribution in [2.75, 3.05) is 5.73 Å². The zero-order chi connectivity index (χ0) is 23.8. The van der Waals surface area contributed by atoms with Crippen molar-refractivity contribution in [2.24, 2.45) is 0 Å². The maximum atomic E-state index is 6.04. The van der Waals surface area contributed by atoms with E-state index in [0.29, 0.717) is 0 Å². The molecule has 0 fully saturated rings. The molecule has 0 aromatic heterocycles. The summed E-state index contributed by atoms with van der Waals surface area (Å²) in [5.74, 6) is 0. The van der Waals surface area contributed by atoms with Crippen molar-refractivity contribution in [3.05, 3.63) is 149 Å². The molecule has 2 aliphatic rings. The van der Waals surface area contributed by atoms with E-state index in [1.54, 1.807) is 0 Å². The number of hydrogen-bond acceptors (Lipinski definition) is 1. The van der Waals surface area contributed by atoms with E-state index >= 15 is 0 Å². The summed E-state index contributed by atoms with van der Waals surface area (Å²) in [6.07, 6.45) is 0. The van der Waals surface area contributed by atoms with Gasteiger partial charge in [0.05, 0.1) is 5.41 Å². The van der Waals surface area contributed by atoms with E-state index in [1.807, 2.05) is 12.1 Å². The first-order valence-electron chi connectivity index (χ1n) is 12.3. The van der Waals surface area contributed by atoms with Gasteiger partial charge in [-0.15, -0.1) is 0 Å². The number of benzene rings is 5. The zero-order valence-electron chi connectivity index (χ0n) is 20.0. The van der Waals surface area contributed by atoms with Crippen molar-refractivity contribution < 1.29 is 0 Å². The lowest BCUT2D eigenvalue weighted by atomic mass is 9.55. The molecule has 1 spiro atoms. The fraction of sp³-hybridized carbons (Fsp3) is 0.118. The lowest BCUT2D eigenvalue weighted by Gasteiger charge is -2.46. The molecule has 2 N–H and O–H groups in total. The van der Waals surface area contributed by atoms with Crippen LogP contribution in [0.2, 0.25) is 0 Å². The van der Waals surface area contributed by atoms with Crippen molar-refractivity contribution in [2.45, 2.75) is 24.7 Å². The Hall–Kier alpha value is -4.10. The van der Waals surface area contributed by atoms with Crippen LogP contribution in [0, 0.1) is 0 Å². The average Bonchev–Trinajstić information content (AvgIpc) is 3.20. The van der Waals surface area contributed by atoms with E-state index in [-0.39, 0.29) is 10.8 Å². The summed E-state index contributed by atoms with van der Waals surface area (Å²) in [6.45, 7) is 4.73. The van der Waals surface area contributed by atoms with E-state index < -0.39 is 0 Å². The third-order valence-corrected chi connectivity index (χ3v) is 8.30. The van der Waals surface area contributed by atoms with Crippen LogP contribution >= 0.6 is 0 Å². The Morgan fingerprint density at radius 1 is 0.457 bits per heavy atom. The van der Waals surface area contributed by atoms with Crippen LogP contribution < -0.4 is 5.73 Å². The van der Waals surface area contributed by atoms with Gasteiger partial charge in [0, 0.05) is 11.1 Å². The molecule has 5 aromatic rings. The van der Waals surface area contributed by atoms with Crippen LogP contribution in [0.4, 0.5) is 5.69 Å². The highest BCUT2D eigenvalue weighted by atomic mass is 14.6. The predicted octanol–water partition coefficient (Wildman–Crippen LogP) is 7.94. The molecule has 2 aliphatic carbocycles. The normalized spacial score (nSPS) is 15.7. The van der Waals surface area contributed by atoms with Crippen LogP contribution in [0.15, 0.2) is 115 Å². The lowest BCUT2D eigenvalue weighted by molar-refractivity contribution is 0.563. The second-order valence-corrected chi connectivity index (χ2v) is 10.4. The molecular formula is C34H27N. The van der Waals surface area contributed by atoms with E-state index in [9.17, 15) is 0 Å². The number of rotatable bonds is 1. The molecule has 0 atom stereocenters. The summed E-state index contributed by atoms with van der Waals surface area (Å²) in [6, 6.07) is 42.3. The molecule has 35 heavy (non-hydrogen) atoms. The molecule has 0 radical (unpaired) electrons. The molecule has 0 amide bonds. The summed E-state index contributed by atoms with van der Waals surface area (Å²) in [7, 11) is 0. The average molecular weight is 450 g/mol. The van der Waals surface area contributed by atoms with Crippen LogP contribution in [-0.4, -0.2) is 0 Å². The smallest absolute Gasteiger partial charge is 0.0719 e. The first-order valence-corrected chi connectivity index (χ1v) is 12.3. The highest BCUT2D eigenvalue weighted by molar-refractivity contribution is 5.96. The second kappa shape index (κ2) is 6.96. The Bertz CT molecular complexity index is 1570. The number of fused-ring (bicyclic) bond motifs is 9. The molecule has 168 valence electrons. The van der Waals surface area contributed by atoms with Gasteiger partial charge in [-0.25, -0.2) is 0 Å². The molecular weight excluding hydrogens is 422 g/mol. The van der Waals surface area contributed by atoms with E-state index in [4.69, 9.17) is 5.73 Å². The third kappa shape index (κ3) is 2.48. The van der Waals surface area contributed by atoms with Gasteiger partial charge in [0.2, 0.25) is 0 Å². The van der Waals surface area contributed by atoms with Crippen LogP contribution in [0.5, 0.6) is 0 Å². The Labute approximate surface area is 206 Å². The minimum absolute atomic E-state index is 0.0787. The highest BCUT2D eigenvalue weighted by Gasteiger charge is 2.53. The van der Waals surface area contributed by atoms with Gasteiger partial charge in [0.15, 0.2) is 0 Å². The quantitative estimate of drug-likeness (QED) is 0.253. The second-order valence-electron chi connectivity index (χ2n) is 10.4. The van der Waals surface area contributed by atoms with Crippen LogP contribution in [0.1, 0.15) is 47.2 Å². The predicted molar refractivity (Wildman–Crippen MR) is 146 cm³/mol. The summed E-state index contributed by atoms with van der Waals surface area (Å²) in [5.41, 5.74) is 19.8. The Morgan fingerprint density at radius 3 is 1.57 bits per heavy atom. The summed E-state index contributed by atoms with van der Waals surface area (Å²) < 4.78 is 0. The number of nitrogens with two attached hydrogens (primary N) is 1. The Morgan fingerprint density at radius 2 is 0.943 bits per heavy atom. The molecule has 0 saturated heterocycles. The lowest BCUT2D eigenvalue weighted by Crippen LogP contribution is -2.40. The van der Waals surface area contributed by atoms with Crippen molar-refractivity contribution in [3.63, 3.8) is 0 Å². The number of hydrogen-bond donors (Lipinski definition) is 1. The molecule has 0 bridgehead atoms. The molecule has 7 rings (SSSR count). The topological polar surface area (TPSA) is 26.0 Å². The fourth-order valence-corrected chi connectivity index (χ4v) is 6.81. The summed E-state index contributed by atoms with van der Waals surface area (Å²) in [5, 5.41) is 0. The highest BCUT2D eigenvalue weighted by Crippen LogP contribution is 2.63. The largest absolute Gasteiger partial charge is 0.399 e. The first kappa shape index (κ1) is 20.3. The van der Waals surface area contributed by atoms with Crippen LogP contribution in [-0.2, 0) is 10.8 Å². The summed E-state index contributed by atoms with van der Waals surface area (Å²) >= 11 is 0. The number of nitrogen functional groups attached to an aromatic ring is 1. The number of anilines is 1. The van der Waals surface area contributed by atoms with E-state index in [0.717, 1.165) is 5.69 Å². The Kier molecular flexibility index (Phi) is 4.03. The van der Waals surface area contributed by atoms with Crippen LogP contribution in [0.25, 0.3) is 22.3 Å². The first-order chi connectivity index (χ1) is 17.0. The van der Waals surface area contributed by atoms with Crippen molar-refractivity contribution in [3.8, 4) is 22.3 Å². The maximum Gasteiger partial charge on any atom is 0.0719 e. The minimum atomic E-state index is -0.349. The zero-order valence-corrected chi connectivity index (χ0v) is 20.0. The third-order valence-electron chi connectivity index (χ3n) is 8.30. The monoisotopic (exact) mass is 449 g/mol. The molecule has 5 aromatic carbocycles. The van der Waals surface area contributed by atoms with Gasteiger partial charge in [-0.2, -0.15) is 0 Å². The molecule has 1 nitrogen and oxygen atoms in total. The van der Waals surface area contributed by atoms with Crippen LogP contribution in [0.3, 0.4) is 0 Å². The van der Waals surface area contributed by atoms with E-state index in [2.05, 4.69) is 117 Å². The van der Waals surface area contributed by atoms with Crippen molar-refractivity contribution >= 4 is 5.69 Å². The fourth-order valence-electron chi connectivity index (χ4n) is 6.81. The van der Waals surface area contributed by atoms with Gasteiger partial charge in [0.25, 0.3) is 0 Å². The molecule has 0 saturated carbocycles. The van der Waals surface area contributed by atoms with Gasteiger partial charge in [-0.3, -0.25) is 0 Å². The molecule has 0 heterocycles. The van der Waals surface area contributed by atoms with Gasteiger partial charge in [-0.05, 0) is 67.8 Å². The van der Waals surface area contributed by atoms with E-state index in [1.165, 1.54) is 55.6 Å². The summed E-state index contributed by atoms with van der Waals surface area (Å²) in [4.78, 5) is 0. The molecule has 1 heteroatoms. The standard InChI is InChI=1S/C34H27N/c1-33(2)27-13-5-7-15-29(27)34(30-16-8-6-14-28(30)33)26-12-4-3-10-25(26)32-24(11-9-17-31(32)34)22-18-20-23(35)21-19-22/h3-21H,35H2,1-2H3.